The van der Waals surface area contributed by atoms with E-state index in [2.05, 4.69) is 17.6 Å². The lowest BCUT2D eigenvalue weighted by molar-refractivity contribution is 0.0502. The van der Waals surface area contributed by atoms with Crippen LogP contribution in [0, 0.1) is 17.3 Å². The number of amides is 1. The normalized spacial score (nSPS) is 35.3. The molecule has 2 fully saturated rings. The first-order valence-corrected chi connectivity index (χ1v) is 6.95. The SMILES string of the molecule is CC1(CNC(=O)OC(C)(C)C)C[C@H]2CNC[C@H]2C1. The zero-order chi connectivity index (χ0) is 13.4. The van der Waals surface area contributed by atoms with Crippen LogP contribution in [0.25, 0.3) is 0 Å². The second-order valence-electron chi connectivity index (χ2n) is 7.25. The molecule has 0 aromatic carbocycles. The first kappa shape index (κ1) is 13.7. The Hall–Kier alpha value is -0.770. The van der Waals surface area contributed by atoms with Crippen LogP contribution >= 0.6 is 0 Å². The van der Waals surface area contributed by atoms with E-state index < -0.39 is 5.60 Å². The quantitative estimate of drug-likeness (QED) is 0.794. The highest BCUT2D eigenvalue weighted by atomic mass is 16.6. The molecule has 1 aliphatic carbocycles. The fourth-order valence-corrected chi connectivity index (χ4v) is 3.36. The van der Waals surface area contributed by atoms with Gasteiger partial charge in [-0.1, -0.05) is 6.92 Å². The fourth-order valence-electron chi connectivity index (χ4n) is 3.36. The lowest BCUT2D eigenvalue weighted by Gasteiger charge is -2.27. The van der Waals surface area contributed by atoms with E-state index in [9.17, 15) is 4.79 Å². The third kappa shape index (κ3) is 3.37. The molecule has 2 N–H and O–H groups in total. The maximum absolute atomic E-state index is 11.7. The summed E-state index contributed by atoms with van der Waals surface area (Å²) in [4.78, 5) is 11.7. The molecule has 0 bridgehead atoms. The third-order valence-electron chi connectivity index (χ3n) is 4.05. The van der Waals surface area contributed by atoms with Gasteiger partial charge in [-0.2, -0.15) is 0 Å². The van der Waals surface area contributed by atoms with E-state index >= 15 is 0 Å². The molecule has 0 spiro atoms. The average Bonchev–Trinajstić information content (AvgIpc) is 2.70. The van der Waals surface area contributed by atoms with Crippen LogP contribution < -0.4 is 10.6 Å². The molecule has 1 saturated heterocycles. The van der Waals surface area contributed by atoms with Crippen LogP contribution in [-0.4, -0.2) is 31.3 Å². The average molecular weight is 254 g/mol. The van der Waals surface area contributed by atoms with E-state index in [0.717, 1.165) is 31.5 Å². The third-order valence-corrected chi connectivity index (χ3v) is 4.05. The second kappa shape index (κ2) is 4.72. The van der Waals surface area contributed by atoms with E-state index in [1.165, 1.54) is 12.8 Å². The predicted octanol–water partition coefficient (Wildman–Crippen LogP) is 2.15. The summed E-state index contributed by atoms with van der Waals surface area (Å²) < 4.78 is 5.27. The van der Waals surface area contributed by atoms with Crippen molar-refractivity contribution in [1.29, 1.82) is 0 Å². The Balaban J connectivity index is 1.78. The number of ether oxygens (including phenoxy) is 1. The molecular weight excluding hydrogens is 228 g/mol. The molecule has 18 heavy (non-hydrogen) atoms. The molecule has 4 heteroatoms. The Morgan fingerprint density at radius 1 is 1.33 bits per heavy atom. The van der Waals surface area contributed by atoms with E-state index in [0.29, 0.717) is 0 Å². The number of nitrogens with one attached hydrogen (secondary N) is 2. The van der Waals surface area contributed by atoms with Crippen molar-refractivity contribution in [3.8, 4) is 0 Å². The first-order valence-electron chi connectivity index (χ1n) is 6.95. The van der Waals surface area contributed by atoms with Gasteiger partial charge in [0.2, 0.25) is 0 Å². The van der Waals surface area contributed by atoms with Gasteiger partial charge in [-0.05, 0) is 64.0 Å². The van der Waals surface area contributed by atoms with E-state index in [4.69, 9.17) is 4.74 Å². The van der Waals surface area contributed by atoms with Gasteiger partial charge in [0.1, 0.15) is 5.60 Å². The summed E-state index contributed by atoms with van der Waals surface area (Å²) >= 11 is 0. The van der Waals surface area contributed by atoms with Gasteiger partial charge in [0, 0.05) is 6.54 Å². The van der Waals surface area contributed by atoms with E-state index in [1.807, 2.05) is 20.8 Å². The highest BCUT2D eigenvalue weighted by Gasteiger charge is 2.44. The Morgan fingerprint density at radius 2 is 1.89 bits per heavy atom. The largest absolute Gasteiger partial charge is 0.444 e. The lowest BCUT2D eigenvalue weighted by atomic mass is 9.87. The monoisotopic (exact) mass is 254 g/mol. The summed E-state index contributed by atoms with van der Waals surface area (Å²) in [5.41, 5.74) is -0.171. The van der Waals surface area contributed by atoms with Gasteiger partial charge in [-0.15, -0.1) is 0 Å². The lowest BCUT2D eigenvalue weighted by Crippen LogP contribution is -2.38. The number of hydrogen-bond donors (Lipinski definition) is 2. The number of rotatable bonds is 2. The summed E-state index contributed by atoms with van der Waals surface area (Å²) in [5, 5.41) is 6.38. The van der Waals surface area contributed by atoms with Gasteiger partial charge in [0.25, 0.3) is 0 Å². The van der Waals surface area contributed by atoms with Gasteiger partial charge in [0.15, 0.2) is 0 Å². The van der Waals surface area contributed by atoms with E-state index in [1.54, 1.807) is 0 Å². The van der Waals surface area contributed by atoms with Gasteiger partial charge in [-0.25, -0.2) is 4.79 Å². The van der Waals surface area contributed by atoms with Gasteiger partial charge >= 0.3 is 6.09 Å². The van der Waals surface area contributed by atoms with Crippen LogP contribution in [0.2, 0.25) is 0 Å². The predicted molar refractivity (Wildman–Crippen MR) is 71.4 cm³/mol. The Kier molecular flexibility index (Phi) is 3.58. The molecule has 1 amide bonds. The minimum atomic E-state index is -0.416. The molecule has 1 aliphatic heterocycles. The zero-order valence-corrected chi connectivity index (χ0v) is 12.0. The maximum atomic E-state index is 11.7. The molecule has 2 aliphatic rings. The molecule has 1 heterocycles. The molecule has 1 saturated carbocycles. The standard InChI is InChI=1S/C14H26N2O2/c1-13(2,3)18-12(17)16-9-14(4)5-10-7-15-8-11(10)6-14/h10-11,15H,5-9H2,1-4H3,(H,16,17)/t10-,11+,14?. The minimum absolute atomic E-state index is 0.244. The van der Waals surface area contributed by atoms with Crippen molar-refractivity contribution in [3.05, 3.63) is 0 Å². The van der Waals surface area contributed by atoms with Crippen molar-refractivity contribution in [2.75, 3.05) is 19.6 Å². The van der Waals surface area contributed by atoms with Crippen molar-refractivity contribution < 1.29 is 9.53 Å². The Labute approximate surface area is 110 Å². The number of carbonyl (C=O) groups excluding carboxylic acids is 1. The molecule has 0 aromatic heterocycles. The smallest absolute Gasteiger partial charge is 0.407 e. The maximum Gasteiger partial charge on any atom is 0.407 e. The van der Waals surface area contributed by atoms with E-state index in [-0.39, 0.29) is 11.5 Å². The molecular formula is C14H26N2O2. The van der Waals surface area contributed by atoms with Crippen molar-refractivity contribution in [2.45, 2.75) is 46.1 Å². The molecule has 3 atom stereocenters. The van der Waals surface area contributed by atoms with Crippen molar-refractivity contribution in [3.63, 3.8) is 0 Å². The highest BCUT2D eigenvalue weighted by Crippen LogP contribution is 2.46. The van der Waals surface area contributed by atoms with Crippen LogP contribution in [0.4, 0.5) is 4.79 Å². The molecule has 0 radical (unpaired) electrons. The number of carbonyl (C=O) groups is 1. The summed E-state index contributed by atoms with van der Waals surface area (Å²) in [6, 6.07) is 0. The van der Waals surface area contributed by atoms with Crippen molar-refractivity contribution in [1.82, 2.24) is 10.6 Å². The molecule has 2 rings (SSSR count). The van der Waals surface area contributed by atoms with Gasteiger partial charge in [-0.3, -0.25) is 0 Å². The summed E-state index contributed by atoms with van der Waals surface area (Å²) in [6.45, 7) is 11.0. The second-order valence-corrected chi connectivity index (χ2v) is 7.25. The van der Waals surface area contributed by atoms with Gasteiger partial charge < -0.3 is 15.4 Å². The molecule has 1 unspecified atom stereocenters. The van der Waals surface area contributed by atoms with Crippen LogP contribution in [0.5, 0.6) is 0 Å². The van der Waals surface area contributed by atoms with Crippen molar-refractivity contribution >= 4 is 6.09 Å². The topological polar surface area (TPSA) is 50.4 Å². The van der Waals surface area contributed by atoms with Crippen LogP contribution in [-0.2, 0) is 4.74 Å². The molecule has 0 aromatic rings. The van der Waals surface area contributed by atoms with Crippen LogP contribution in [0.1, 0.15) is 40.5 Å². The van der Waals surface area contributed by atoms with Crippen molar-refractivity contribution in [2.24, 2.45) is 17.3 Å². The summed E-state index contributed by atoms with van der Waals surface area (Å²) in [6.07, 6.45) is 2.12. The first-order chi connectivity index (χ1) is 8.27. The Morgan fingerprint density at radius 3 is 2.39 bits per heavy atom. The number of alkyl carbamates (subject to hydrolysis) is 1. The molecule has 4 nitrogen and oxygen atoms in total. The highest BCUT2D eigenvalue weighted by molar-refractivity contribution is 5.67. The zero-order valence-electron chi connectivity index (χ0n) is 12.0. The molecule has 104 valence electrons. The minimum Gasteiger partial charge on any atom is -0.444 e. The number of hydrogen-bond acceptors (Lipinski definition) is 3. The number of fused-ring (bicyclic) bond motifs is 1. The summed E-state index contributed by atoms with van der Waals surface area (Å²) in [7, 11) is 0. The summed E-state index contributed by atoms with van der Waals surface area (Å²) in [5.74, 6) is 1.60. The Bertz CT molecular complexity index is 310. The van der Waals surface area contributed by atoms with Crippen LogP contribution in [0.3, 0.4) is 0 Å². The van der Waals surface area contributed by atoms with Gasteiger partial charge in [0.05, 0.1) is 0 Å². The van der Waals surface area contributed by atoms with Crippen LogP contribution in [0.15, 0.2) is 0 Å². The fraction of sp³-hybridized carbons (Fsp3) is 0.929.